The molecule has 2 rings (SSSR count). The monoisotopic (exact) mass is 158 g/mol. The SMILES string of the molecule is Cc1cnnc2c(C)cccc12. The van der Waals surface area contributed by atoms with Crippen molar-refractivity contribution >= 4 is 10.9 Å². The van der Waals surface area contributed by atoms with E-state index in [0.717, 1.165) is 5.52 Å². The molecule has 12 heavy (non-hydrogen) atoms. The third kappa shape index (κ3) is 0.961. The van der Waals surface area contributed by atoms with Crippen molar-refractivity contribution in [3.05, 3.63) is 35.5 Å². The zero-order valence-electron chi connectivity index (χ0n) is 7.20. The van der Waals surface area contributed by atoms with Gasteiger partial charge in [-0.2, -0.15) is 10.2 Å². The summed E-state index contributed by atoms with van der Waals surface area (Å²) in [6.07, 6.45) is 1.79. The van der Waals surface area contributed by atoms with Crippen molar-refractivity contribution in [3.8, 4) is 0 Å². The Morgan fingerprint density at radius 3 is 2.67 bits per heavy atom. The molecule has 0 amide bonds. The van der Waals surface area contributed by atoms with Gasteiger partial charge in [0.2, 0.25) is 0 Å². The van der Waals surface area contributed by atoms with E-state index in [1.165, 1.54) is 16.5 Å². The molecule has 0 aliphatic heterocycles. The minimum Gasteiger partial charge on any atom is -0.158 e. The lowest BCUT2D eigenvalue weighted by Crippen LogP contribution is -1.88. The quantitative estimate of drug-likeness (QED) is 0.587. The summed E-state index contributed by atoms with van der Waals surface area (Å²) >= 11 is 0. The average molecular weight is 158 g/mol. The fraction of sp³-hybridized carbons (Fsp3) is 0.200. The second kappa shape index (κ2) is 2.55. The topological polar surface area (TPSA) is 25.8 Å². The number of hydrogen-bond acceptors (Lipinski definition) is 2. The Kier molecular flexibility index (Phi) is 1.54. The largest absolute Gasteiger partial charge is 0.158 e. The molecule has 1 aromatic heterocycles. The molecule has 1 aromatic carbocycles. The molecule has 0 unspecified atom stereocenters. The molecule has 2 nitrogen and oxygen atoms in total. The van der Waals surface area contributed by atoms with Crippen LogP contribution in [0.15, 0.2) is 24.4 Å². The van der Waals surface area contributed by atoms with Gasteiger partial charge in [-0.25, -0.2) is 0 Å². The maximum Gasteiger partial charge on any atom is 0.0961 e. The van der Waals surface area contributed by atoms with Gasteiger partial charge in [-0.05, 0) is 25.0 Å². The van der Waals surface area contributed by atoms with Gasteiger partial charge in [0.25, 0.3) is 0 Å². The van der Waals surface area contributed by atoms with Crippen LogP contribution in [0.2, 0.25) is 0 Å². The summed E-state index contributed by atoms with van der Waals surface area (Å²) in [6.45, 7) is 4.10. The van der Waals surface area contributed by atoms with E-state index in [1.807, 2.05) is 6.07 Å². The first kappa shape index (κ1) is 7.22. The van der Waals surface area contributed by atoms with Crippen LogP contribution in [0.5, 0.6) is 0 Å². The molecule has 0 saturated carbocycles. The van der Waals surface area contributed by atoms with E-state index in [-0.39, 0.29) is 0 Å². The van der Waals surface area contributed by atoms with Gasteiger partial charge in [0.1, 0.15) is 0 Å². The van der Waals surface area contributed by atoms with Crippen LogP contribution >= 0.6 is 0 Å². The fourth-order valence-electron chi connectivity index (χ4n) is 1.35. The van der Waals surface area contributed by atoms with Crippen LogP contribution < -0.4 is 0 Å². The van der Waals surface area contributed by atoms with E-state index in [4.69, 9.17) is 0 Å². The highest BCUT2D eigenvalue weighted by molar-refractivity contribution is 5.83. The maximum atomic E-state index is 4.09. The molecule has 0 spiro atoms. The molecule has 0 bridgehead atoms. The van der Waals surface area contributed by atoms with E-state index in [9.17, 15) is 0 Å². The Labute approximate surface area is 71.3 Å². The van der Waals surface area contributed by atoms with Gasteiger partial charge in [0.05, 0.1) is 11.7 Å². The van der Waals surface area contributed by atoms with E-state index in [2.05, 4.69) is 36.2 Å². The number of aromatic nitrogens is 2. The molecule has 0 fully saturated rings. The smallest absolute Gasteiger partial charge is 0.0961 e. The molecule has 0 aliphatic rings. The summed E-state index contributed by atoms with van der Waals surface area (Å²) in [4.78, 5) is 0. The molecule has 2 aromatic rings. The van der Waals surface area contributed by atoms with Crippen LogP contribution in [-0.4, -0.2) is 10.2 Å². The van der Waals surface area contributed by atoms with Crippen LogP contribution in [0.1, 0.15) is 11.1 Å². The fourth-order valence-corrected chi connectivity index (χ4v) is 1.35. The summed E-state index contributed by atoms with van der Waals surface area (Å²) in [5.74, 6) is 0. The summed E-state index contributed by atoms with van der Waals surface area (Å²) in [6, 6.07) is 6.18. The van der Waals surface area contributed by atoms with Crippen molar-refractivity contribution in [1.29, 1.82) is 0 Å². The molecule has 60 valence electrons. The van der Waals surface area contributed by atoms with Crippen LogP contribution in [0, 0.1) is 13.8 Å². The van der Waals surface area contributed by atoms with Gasteiger partial charge in [-0.15, -0.1) is 0 Å². The van der Waals surface area contributed by atoms with E-state index >= 15 is 0 Å². The Morgan fingerprint density at radius 1 is 1.08 bits per heavy atom. The van der Waals surface area contributed by atoms with Crippen molar-refractivity contribution in [2.45, 2.75) is 13.8 Å². The molecule has 2 heteroatoms. The highest BCUT2D eigenvalue weighted by Crippen LogP contribution is 2.17. The number of hydrogen-bond donors (Lipinski definition) is 0. The molecule has 0 atom stereocenters. The lowest BCUT2D eigenvalue weighted by molar-refractivity contribution is 1.06. The van der Waals surface area contributed by atoms with Crippen LogP contribution in [0.4, 0.5) is 0 Å². The predicted octanol–water partition coefficient (Wildman–Crippen LogP) is 2.25. The Balaban J connectivity index is 2.94. The first-order valence-electron chi connectivity index (χ1n) is 3.96. The molecule has 0 radical (unpaired) electrons. The first-order chi connectivity index (χ1) is 5.79. The van der Waals surface area contributed by atoms with Gasteiger partial charge in [0.15, 0.2) is 0 Å². The molecule has 1 heterocycles. The van der Waals surface area contributed by atoms with Crippen LogP contribution in [-0.2, 0) is 0 Å². The van der Waals surface area contributed by atoms with E-state index < -0.39 is 0 Å². The lowest BCUT2D eigenvalue weighted by atomic mass is 10.1. The highest BCUT2D eigenvalue weighted by Gasteiger charge is 1.99. The predicted molar refractivity (Wildman–Crippen MR) is 49.0 cm³/mol. The molecule has 0 aliphatic carbocycles. The van der Waals surface area contributed by atoms with Crippen LogP contribution in [0.3, 0.4) is 0 Å². The van der Waals surface area contributed by atoms with E-state index in [1.54, 1.807) is 6.20 Å². The number of nitrogens with zero attached hydrogens (tertiary/aromatic N) is 2. The molecule has 0 saturated heterocycles. The Bertz CT molecular complexity index is 380. The van der Waals surface area contributed by atoms with Gasteiger partial charge in [-0.3, -0.25) is 0 Å². The number of benzene rings is 1. The van der Waals surface area contributed by atoms with Crippen molar-refractivity contribution in [2.75, 3.05) is 0 Å². The molecular weight excluding hydrogens is 148 g/mol. The minimum absolute atomic E-state index is 1.01. The van der Waals surface area contributed by atoms with Gasteiger partial charge in [0, 0.05) is 5.39 Å². The zero-order chi connectivity index (χ0) is 8.55. The highest BCUT2D eigenvalue weighted by atomic mass is 15.1. The summed E-state index contributed by atoms with van der Waals surface area (Å²) in [7, 11) is 0. The number of fused-ring (bicyclic) bond motifs is 1. The third-order valence-corrected chi connectivity index (χ3v) is 2.07. The second-order valence-electron chi connectivity index (χ2n) is 3.00. The molecule has 0 N–H and O–H groups in total. The third-order valence-electron chi connectivity index (χ3n) is 2.07. The molecular formula is C10H10N2. The minimum atomic E-state index is 1.01. The summed E-state index contributed by atoms with van der Waals surface area (Å²) in [5, 5.41) is 9.21. The van der Waals surface area contributed by atoms with Crippen molar-refractivity contribution < 1.29 is 0 Å². The summed E-state index contributed by atoms with van der Waals surface area (Å²) < 4.78 is 0. The zero-order valence-corrected chi connectivity index (χ0v) is 7.20. The first-order valence-corrected chi connectivity index (χ1v) is 3.96. The normalized spacial score (nSPS) is 10.5. The maximum absolute atomic E-state index is 4.09. The van der Waals surface area contributed by atoms with Gasteiger partial charge >= 0.3 is 0 Å². The number of aryl methyl sites for hydroxylation is 2. The van der Waals surface area contributed by atoms with E-state index in [0.29, 0.717) is 0 Å². The van der Waals surface area contributed by atoms with Crippen LogP contribution in [0.25, 0.3) is 10.9 Å². The van der Waals surface area contributed by atoms with Crippen molar-refractivity contribution in [2.24, 2.45) is 0 Å². The Hall–Kier alpha value is -1.44. The second-order valence-corrected chi connectivity index (χ2v) is 3.00. The average Bonchev–Trinajstić information content (AvgIpc) is 2.07. The van der Waals surface area contributed by atoms with Gasteiger partial charge in [-0.1, -0.05) is 18.2 Å². The van der Waals surface area contributed by atoms with Crippen molar-refractivity contribution in [3.63, 3.8) is 0 Å². The van der Waals surface area contributed by atoms with Crippen molar-refractivity contribution in [1.82, 2.24) is 10.2 Å². The Morgan fingerprint density at radius 2 is 1.92 bits per heavy atom. The number of rotatable bonds is 0. The summed E-state index contributed by atoms with van der Waals surface area (Å²) in [5.41, 5.74) is 3.38. The van der Waals surface area contributed by atoms with Gasteiger partial charge < -0.3 is 0 Å². The lowest BCUT2D eigenvalue weighted by Gasteiger charge is -2.01. The standard InChI is InChI=1S/C10H10N2/c1-7-4-3-5-9-8(2)6-11-12-10(7)9/h3-6H,1-2H3.